The highest BCUT2D eigenvalue weighted by atomic mass is 35.5. The van der Waals surface area contributed by atoms with E-state index in [0.717, 1.165) is 0 Å². The smallest absolute Gasteiger partial charge is 0.332 e. The number of hydrogen-bond acceptors (Lipinski definition) is 3. The molecule has 1 aromatic carbocycles. The van der Waals surface area contributed by atoms with Crippen LogP contribution >= 0.6 is 23.2 Å². The van der Waals surface area contributed by atoms with Crippen LogP contribution in [-0.2, 0) is 9.53 Å². The Balaban J connectivity index is 1.89. The van der Waals surface area contributed by atoms with Crippen LogP contribution in [0.4, 0.5) is 0 Å². The average molecular weight is 291 g/mol. The predicted molar refractivity (Wildman–Crippen MR) is 67.5 cm³/mol. The summed E-state index contributed by atoms with van der Waals surface area (Å²) in [6.07, 6.45) is 0.219. The fourth-order valence-corrected chi connectivity index (χ4v) is 2.13. The van der Waals surface area contributed by atoms with Crippen molar-refractivity contribution >= 4 is 29.2 Å². The first-order chi connectivity index (χ1) is 8.58. The van der Waals surface area contributed by atoms with E-state index in [-0.39, 0.29) is 12.7 Å². The van der Waals surface area contributed by atoms with Crippen LogP contribution in [0.15, 0.2) is 18.2 Å². The number of halogens is 2. The second-order valence-corrected chi connectivity index (χ2v) is 4.81. The Labute approximate surface area is 114 Å². The third kappa shape index (κ3) is 3.07. The first-order valence-electron chi connectivity index (χ1n) is 5.53. The molecule has 1 aromatic rings. The maximum atomic E-state index is 10.7. The number of hydrogen-bond donors (Lipinski definition) is 1. The molecule has 0 radical (unpaired) electrons. The zero-order chi connectivity index (χ0) is 13.1. The lowest BCUT2D eigenvalue weighted by Gasteiger charge is -2.13. The van der Waals surface area contributed by atoms with Gasteiger partial charge >= 0.3 is 5.97 Å². The average Bonchev–Trinajstić information content (AvgIpc) is 2.80. The van der Waals surface area contributed by atoms with Crippen LogP contribution in [0.25, 0.3) is 0 Å². The number of carboxylic acids is 1. The van der Waals surface area contributed by atoms with Crippen molar-refractivity contribution in [2.45, 2.75) is 25.0 Å². The van der Waals surface area contributed by atoms with Gasteiger partial charge in [-0.05, 0) is 25.0 Å². The van der Waals surface area contributed by atoms with E-state index in [1.54, 1.807) is 18.2 Å². The molecule has 0 saturated carbocycles. The molecule has 1 heterocycles. The Kier molecular flexibility index (Phi) is 4.32. The normalized spacial score (nSPS) is 23.0. The minimum absolute atomic E-state index is 0.221. The lowest BCUT2D eigenvalue weighted by molar-refractivity contribution is -0.149. The molecule has 1 N–H and O–H groups in total. The predicted octanol–water partition coefficient (Wildman–Crippen LogP) is 3.00. The van der Waals surface area contributed by atoms with E-state index in [1.165, 1.54) is 0 Å². The molecule has 4 nitrogen and oxygen atoms in total. The zero-order valence-electron chi connectivity index (χ0n) is 9.44. The van der Waals surface area contributed by atoms with Crippen LogP contribution in [0, 0.1) is 0 Å². The highest BCUT2D eigenvalue weighted by molar-refractivity contribution is 6.42. The molecule has 6 heteroatoms. The van der Waals surface area contributed by atoms with Crippen LogP contribution < -0.4 is 4.74 Å². The van der Waals surface area contributed by atoms with Crippen LogP contribution in [0.5, 0.6) is 5.75 Å². The summed E-state index contributed by atoms with van der Waals surface area (Å²) in [6, 6.07) is 5.11. The molecule has 1 aliphatic heterocycles. The summed E-state index contributed by atoms with van der Waals surface area (Å²) in [5, 5.41) is 9.57. The molecule has 0 aliphatic carbocycles. The molecule has 0 spiro atoms. The van der Waals surface area contributed by atoms with Crippen molar-refractivity contribution in [3.8, 4) is 5.75 Å². The van der Waals surface area contributed by atoms with Crippen LogP contribution in [0.2, 0.25) is 10.0 Å². The van der Waals surface area contributed by atoms with Crippen LogP contribution in [0.1, 0.15) is 12.8 Å². The molecule has 0 aromatic heterocycles. The maximum absolute atomic E-state index is 10.7. The Morgan fingerprint density at radius 3 is 2.89 bits per heavy atom. The molecular formula is C12H12Cl2O4. The zero-order valence-corrected chi connectivity index (χ0v) is 10.9. The maximum Gasteiger partial charge on any atom is 0.332 e. The third-order valence-corrected chi connectivity index (χ3v) is 3.53. The van der Waals surface area contributed by atoms with E-state index in [4.69, 9.17) is 37.8 Å². The highest BCUT2D eigenvalue weighted by Gasteiger charge is 2.30. The largest absolute Gasteiger partial charge is 0.489 e. The van der Waals surface area contributed by atoms with Crippen molar-refractivity contribution in [3.05, 3.63) is 28.2 Å². The second kappa shape index (κ2) is 5.78. The van der Waals surface area contributed by atoms with Crippen LogP contribution in [0.3, 0.4) is 0 Å². The highest BCUT2D eigenvalue weighted by Crippen LogP contribution is 2.32. The van der Waals surface area contributed by atoms with E-state index in [2.05, 4.69) is 0 Å². The molecule has 2 rings (SSSR count). The Morgan fingerprint density at radius 1 is 1.44 bits per heavy atom. The van der Waals surface area contributed by atoms with Gasteiger partial charge in [0.25, 0.3) is 0 Å². The SMILES string of the molecule is O=C(O)C1CCC(COc2cccc(Cl)c2Cl)O1. The lowest BCUT2D eigenvalue weighted by Crippen LogP contribution is -2.23. The van der Waals surface area contributed by atoms with Gasteiger partial charge in [0, 0.05) is 0 Å². The van der Waals surface area contributed by atoms with Gasteiger partial charge in [0.2, 0.25) is 0 Å². The first kappa shape index (κ1) is 13.5. The molecule has 18 heavy (non-hydrogen) atoms. The molecule has 0 bridgehead atoms. The fraction of sp³-hybridized carbons (Fsp3) is 0.417. The Bertz CT molecular complexity index is 450. The first-order valence-corrected chi connectivity index (χ1v) is 6.28. The van der Waals surface area contributed by atoms with Gasteiger partial charge in [-0.1, -0.05) is 29.3 Å². The number of carbonyl (C=O) groups is 1. The standard InChI is InChI=1S/C12H12Cl2O4/c13-8-2-1-3-9(11(8)14)17-6-7-4-5-10(18-7)12(15)16/h1-3,7,10H,4-6H2,(H,15,16). The number of benzene rings is 1. The monoisotopic (exact) mass is 290 g/mol. The molecule has 2 unspecified atom stereocenters. The number of carboxylic acid groups (broad SMARTS) is 1. The summed E-state index contributed by atoms with van der Waals surface area (Å²) in [5.41, 5.74) is 0. The van der Waals surface area contributed by atoms with Gasteiger partial charge in [0.15, 0.2) is 6.10 Å². The summed E-state index contributed by atoms with van der Waals surface area (Å²) in [6.45, 7) is 0.268. The lowest BCUT2D eigenvalue weighted by atomic mass is 10.2. The van der Waals surface area contributed by atoms with Crippen molar-refractivity contribution in [2.75, 3.05) is 6.61 Å². The van der Waals surface area contributed by atoms with Gasteiger partial charge in [-0.15, -0.1) is 0 Å². The number of aliphatic carboxylic acids is 1. The number of rotatable bonds is 4. The van der Waals surface area contributed by atoms with E-state index in [1.807, 2.05) is 0 Å². The summed E-state index contributed by atoms with van der Waals surface area (Å²) in [4.78, 5) is 10.7. The Morgan fingerprint density at radius 2 is 2.22 bits per heavy atom. The third-order valence-electron chi connectivity index (χ3n) is 2.72. The summed E-state index contributed by atoms with van der Waals surface area (Å²) < 4.78 is 10.8. The number of ether oxygens (including phenoxy) is 2. The molecule has 1 saturated heterocycles. The van der Waals surface area contributed by atoms with Crippen molar-refractivity contribution in [2.24, 2.45) is 0 Å². The van der Waals surface area contributed by atoms with E-state index in [9.17, 15) is 4.79 Å². The molecule has 1 fully saturated rings. The van der Waals surface area contributed by atoms with Gasteiger partial charge in [-0.25, -0.2) is 4.79 Å². The molecular weight excluding hydrogens is 279 g/mol. The van der Waals surface area contributed by atoms with Gasteiger partial charge in [0.1, 0.15) is 17.4 Å². The van der Waals surface area contributed by atoms with E-state index in [0.29, 0.717) is 28.6 Å². The van der Waals surface area contributed by atoms with E-state index >= 15 is 0 Å². The van der Waals surface area contributed by atoms with Gasteiger partial charge < -0.3 is 14.6 Å². The topological polar surface area (TPSA) is 55.8 Å². The van der Waals surface area contributed by atoms with Gasteiger partial charge in [-0.3, -0.25) is 0 Å². The van der Waals surface area contributed by atoms with E-state index < -0.39 is 12.1 Å². The molecule has 98 valence electrons. The van der Waals surface area contributed by atoms with Crippen molar-refractivity contribution in [3.63, 3.8) is 0 Å². The summed E-state index contributed by atoms with van der Waals surface area (Å²) in [5.74, 6) is -0.454. The Hall–Kier alpha value is -0.970. The quantitative estimate of drug-likeness (QED) is 0.926. The summed E-state index contributed by atoms with van der Waals surface area (Å²) in [7, 11) is 0. The van der Waals surface area contributed by atoms with Gasteiger partial charge in [-0.2, -0.15) is 0 Å². The van der Waals surface area contributed by atoms with Crippen molar-refractivity contribution in [1.29, 1.82) is 0 Å². The fourth-order valence-electron chi connectivity index (χ4n) is 1.79. The van der Waals surface area contributed by atoms with Crippen molar-refractivity contribution in [1.82, 2.24) is 0 Å². The second-order valence-electron chi connectivity index (χ2n) is 4.03. The molecule has 2 atom stereocenters. The van der Waals surface area contributed by atoms with Crippen LogP contribution in [-0.4, -0.2) is 29.9 Å². The minimum atomic E-state index is -0.932. The molecule has 0 amide bonds. The van der Waals surface area contributed by atoms with Gasteiger partial charge in [0.05, 0.1) is 11.1 Å². The van der Waals surface area contributed by atoms with Crippen molar-refractivity contribution < 1.29 is 19.4 Å². The minimum Gasteiger partial charge on any atom is -0.489 e. The molecule has 1 aliphatic rings. The summed E-state index contributed by atoms with van der Waals surface area (Å²) >= 11 is 11.8.